The minimum atomic E-state index is -0.782. The summed E-state index contributed by atoms with van der Waals surface area (Å²) in [5, 5.41) is 12.5. The summed E-state index contributed by atoms with van der Waals surface area (Å²) in [5.74, 6) is -1.16. The zero-order valence-electron chi connectivity index (χ0n) is 16.2. The molecular formula is C21H22N4O3S. The molecule has 0 saturated heterocycles. The number of rotatable bonds is 7. The number of benzene rings is 2. The van der Waals surface area contributed by atoms with Crippen LogP contribution < -0.4 is 16.0 Å². The van der Waals surface area contributed by atoms with Crippen molar-refractivity contribution in [1.29, 1.82) is 0 Å². The van der Waals surface area contributed by atoms with Crippen LogP contribution in [0.25, 0.3) is 10.8 Å². The molecule has 3 aromatic rings. The minimum absolute atomic E-state index is 0.167. The number of hydrogen-bond donors (Lipinski definition) is 3. The van der Waals surface area contributed by atoms with Gasteiger partial charge in [0.2, 0.25) is 11.8 Å². The first-order valence-electron chi connectivity index (χ1n) is 9.18. The number of thiazole rings is 1. The first-order valence-corrected chi connectivity index (χ1v) is 10.1. The summed E-state index contributed by atoms with van der Waals surface area (Å²) in [6.45, 7) is 3.56. The van der Waals surface area contributed by atoms with Crippen molar-refractivity contribution < 1.29 is 14.4 Å². The van der Waals surface area contributed by atoms with Crippen LogP contribution in [0, 0.1) is 6.92 Å². The second-order valence-corrected chi connectivity index (χ2v) is 7.64. The SMILES string of the molecule is Cc1nc(C(=O)NC(C)C(=O)NCC(=O)NCc2cccc3ccccc23)cs1. The Morgan fingerprint density at radius 2 is 1.83 bits per heavy atom. The van der Waals surface area contributed by atoms with E-state index in [1.807, 2.05) is 42.5 Å². The predicted octanol–water partition coefficient (Wildman–Crippen LogP) is 2.16. The first kappa shape index (κ1) is 20.5. The van der Waals surface area contributed by atoms with Gasteiger partial charge in [-0.2, -0.15) is 0 Å². The van der Waals surface area contributed by atoms with Gasteiger partial charge in [0, 0.05) is 11.9 Å². The Morgan fingerprint density at radius 1 is 1.07 bits per heavy atom. The molecule has 0 aliphatic heterocycles. The van der Waals surface area contributed by atoms with Crippen molar-refractivity contribution in [3.63, 3.8) is 0 Å². The highest BCUT2D eigenvalue weighted by molar-refractivity contribution is 7.09. The molecule has 0 fully saturated rings. The molecule has 8 heteroatoms. The highest BCUT2D eigenvalue weighted by Crippen LogP contribution is 2.18. The standard InChI is InChI=1S/C21H22N4O3S/c1-13(24-21(28)18-12-29-14(2)25-18)20(27)23-11-19(26)22-10-16-8-5-7-15-6-3-4-9-17(15)16/h3-9,12-13H,10-11H2,1-2H3,(H,22,26)(H,23,27)(H,24,28). The van der Waals surface area contributed by atoms with Gasteiger partial charge in [0.1, 0.15) is 11.7 Å². The minimum Gasteiger partial charge on any atom is -0.350 e. The van der Waals surface area contributed by atoms with Crippen molar-refractivity contribution in [2.24, 2.45) is 0 Å². The third kappa shape index (κ3) is 5.39. The highest BCUT2D eigenvalue weighted by atomic mass is 32.1. The highest BCUT2D eigenvalue weighted by Gasteiger charge is 2.18. The van der Waals surface area contributed by atoms with Gasteiger partial charge in [0.15, 0.2) is 0 Å². The van der Waals surface area contributed by atoms with Crippen LogP contribution in [-0.2, 0) is 16.1 Å². The molecule has 1 unspecified atom stereocenters. The molecule has 1 heterocycles. The lowest BCUT2D eigenvalue weighted by molar-refractivity contribution is -0.127. The molecule has 0 aliphatic carbocycles. The van der Waals surface area contributed by atoms with Crippen LogP contribution in [0.3, 0.4) is 0 Å². The number of fused-ring (bicyclic) bond motifs is 1. The molecule has 29 heavy (non-hydrogen) atoms. The summed E-state index contributed by atoms with van der Waals surface area (Å²) in [6, 6.07) is 13.1. The summed E-state index contributed by atoms with van der Waals surface area (Å²) in [7, 11) is 0. The van der Waals surface area contributed by atoms with Crippen LogP contribution >= 0.6 is 11.3 Å². The van der Waals surface area contributed by atoms with E-state index in [0.717, 1.165) is 21.3 Å². The molecule has 1 aromatic heterocycles. The third-order valence-electron chi connectivity index (χ3n) is 4.37. The van der Waals surface area contributed by atoms with Gasteiger partial charge in [0.05, 0.1) is 11.6 Å². The number of amides is 3. The lowest BCUT2D eigenvalue weighted by Gasteiger charge is -2.13. The Bertz CT molecular complexity index is 1040. The molecule has 3 rings (SSSR count). The number of nitrogens with zero attached hydrogens (tertiary/aromatic N) is 1. The zero-order valence-corrected chi connectivity index (χ0v) is 17.0. The van der Waals surface area contributed by atoms with Crippen molar-refractivity contribution in [2.75, 3.05) is 6.54 Å². The zero-order chi connectivity index (χ0) is 20.8. The molecule has 0 spiro atoms. The van der Waals surface area contributed by atoms with Crippen molar-refractivity contribution in [2.45, 2.75) is 26.4 Å². The van der Waals surface area contributed by atoms with Gasteiger partial charge in [-0.25, -0.2) is 4.98 Å². The maximum Gasteiger partial charge on any atom is 0.271 e. The number of aromatic nitrogens is 1. The fourth-order valence-corrected chi connectivity index (χ4v) is 3.42. The molecule has 0 aliphatic rings. The Labute approximate surface area is 172 Å². The van der Waals surface area contributed by atoms with Gasteiger partial charge in [0.25, 0.3) is 5.91 Å². The smallest absolute Gasteiger partial charge is 0.271 e. The van der Waals surface area contributed by atoms with Gasteiger partial charge >= 0.3 is 0 Å². The summed E-state index contributed by atoms with van der Waals surface area (Å²) >= 11 is 1.36. The largest absolute Gasteiger partial charge is 0.350 e. The second-order valence-electron chi connectivity index (χ2n) is 6.58. The predicted molar refractivity (Wildman–Crippen MR) is 113 cm³/mol. The number of carbonyl (C=O) groups excluding carboxylic acids is 3. The monoisotopic (exact) mass is 410 g/mol. The van der Waals surface area contributed by atoms with Gasteiger partial charge in [-0.3, -0.25) is 14.4 Å². The number of carbonyl (C=O) groups is 3. The average molecular weight is 410 g/mol. The molecule has 0 saturated carbocycles. The molecule has 150 valence electrons. The number of hydrogen-bond acceptors (Lipinski definition) is 5. The fraction of sp³-hybridized carbons (Fsp3) is 0.238. The van der Waals surface area contributed by atoms with Crippen LogP contribution in [0.1, 0.15) is 28.0 Å². The maximum atomic E-state index is 12.1. The number of nitrogens with one attached hydrogen (secondary N) is 3. The van der Waals surface area contributed by atoms with Gasteiger partial charge < -0.3 is 16.0 Å². The van der Waals surface area contributed by atoms with E-state index in [2.05, 4.69) is 20.9 Å². The fourth-order valence-electron chi connectivity index (χ4n) is 2.83. The quantitative estimate of drug-likeness (QED) is 0.556. The second kappa shape index (κ2) is 9.29. The molecule has 7 nitrogen and oxygen atoms in total. The van der Waals surface area contributed by atoms with E-state index in [1.165, 1.54) is 11.3 Å². The molecule has 3 amide bonds. The maximum absolute atomic E-state index is 12.1. The van der Waals surface area contributed by atoms with Crippen LogP contribution in [0.5, 0.6) is 0 Å². The van der Waals surface area contributed by atoms with E-state index in [0.29, 0.717) is 6.54 Å². The summed E-state index contributed by atoms with van der Waals surface area (Å²) in [6.07, 6.45) is 0. The lowest BCUT2D eigenvalue weighted by Crippen LogP contribution is -2.47. The summed E-state index contributed by atoms with van der Waals surface area (Å²) < 4.78 is 0. The van der Waals surface area contributed by atoms with Crippen molar-refractivity contribution in [3.8, 4) is 0 Å². The van der Waals surface area contributed by atoms with E-state index in [9.17, 15) is 14.4 Å². The van der Waals surface area contributed by atoms with E-state index in [4.69, 9.17) is 0 Å². The van der Waals surface area contributed by atoms with Gasteiger partial charge in [-0.05, 0) is 30.2 Å². The van der Waals surface area contributed by atoms with E-state index in [-0.39, 0.29) is 18.1 Å². The molecule has 0 bridgehead atoms. The average Bonchev–Trinajstić information content (AvgIpc) is 3.16. The first-order chi connectivity index (χ1) is 13.9. The van der Waals surface area contributed by atoms with Crippen LogP contribution in [0.4, 0.5) is 0 Å². The lowest BCUT2D eigenvalue weighted by atomic mass is 10.0. The Hall–Kier alpha value is -3.26. The Balaban J connectivity index is 1.46. The Morgan fingerprint density at radius 3 is 2.59 bits per heavy atom. The van der Waals surface area contributed by atoms with E-state index < -0.39 is 17.9 Å². The molecule has 2 aromatic carbocycles. The normalized spacial score (nSPS) is 11.7. The van der Waals surface area contributed by atoms with Crippen LogP contribution in [0.15, 0.2) is 47.8 Å². The number of aryl methyl sites for hydroxylation is 1. The molecule has 1 atom stereocenters. The molecule has 0 radical (unpaired) electrons. The summed E-state index contributed by atoms with van der Waals surface area (Å²) in [4.78, 5) is 40.4. The van der Waals surface area contributed by atoms with Crippen LogP contribution in [0.2, 0.25) is 0 Å². The van der Waals surface area contributed by atoms with E-state index in [1.54, 1.807) is 19.2 Å². The third-order valence-corrected chi connectivity index (χ3v) is 5.15. The van der Waals surface area contributed by atoms with Gasteiger partial charge in [-0.15, -0.1) is 11.3 Å². The molecular weight excluding hydrogens is 388 g/mol. The van der Waals surface area contributed by atoms with Crippen molar-refractivity contribution in [3.05, 3.63) is 64.1 Å². The molecule has 3 N–H and O–H groups in total. The van der Waals surface area contributed by atoms with Crippen LogP contribution in [-0.4, -0.2) is 35.3 Å². The van der Waals surface area contributed by atoms with Crippen molar-refractivity contribution >= 4 is 39.8 Å². The Kier molecular flexibility index (Phi) is 6.56. The topological polar surface area (TPSA) is 100 Å². The van der Waals surface area contributed by atoms with Crippen molar-refractivity contribution in [1.82, 2.24) is 20.9 Å². The van der Waals surface area contributed by atoms with Gasteiger partial charge in [-0.1, -0.05) is 42.5 Å². The summed E-state index contributed by atoms with van der Waals surface area (Å²) in [5.41, 5.74) is 1.28. The van der Waals surface area contributed by atoms with E-state index >= 15 is 0 Å².